The lowest BCUT2D eigenvalue weighted by atomic mass is 9.92. The molecule has 1 aromatic carbocycles. The smallest absolute Gasteiger partial charge is 0.416 e. The fraction of sp³-hybridized carbons (Fsp3) is 0.600. The third-order valence-corrected chi connectivity index (χ3v) is 3.38. The maximum atomic E-state index is 13.1. The van der Waals surface area contributed by atoms with E-state index in [1.807, 2.05) is 13.8 Å². The second-order valence-corrected chi connectivity index (χ2v) is 5.52. The van der Waals surface area contributed by atoms with E-state index in [0.29, 0.717) is 18.8 Å². The first kappa shape index (κ1) is 17.8. The first-order valence-electron chi connectivity index (χ1n) is 6.85. The van der Waals surface area contributed by atoms with Crippen molar-refractivity contribution in [2.45, 2.75) is 45.0 Å². The van der Waals surface area contributed by atoms with Crippen LogP contribution < -0.4 is 10.5 Å². The Kier molecular flexibility index (Phi) is 6.04. The van der Waals surface area contributed by atoms with Gasteiger partial charge >= 0.3 is 6.18 Å². The molecule has 0 aliphatic rings. The first-order valence-corrected chi connectivity index (χ1v) is 6.85. The van der Waals surface area contributed by atoms with Crippen LogP contribution in [0.15, 0.2) is 18.2 Å². The van der Waals surface area contributed by atoms with Crippen molar-refractivity contribution in [2.24, 2.45) is 11.7 Å². The highest BCUT2D eigenvalue weighted by Gasteiger charge is 2.36. The van der Waals surface area contributed by atoms with E-state index < -0.39 is 23.9 Å². The molecule has 0 aliphatic heterocycles. The quantitative estimate of drug-likeness (QED) is 0.845. The molecule has 3 nitrogen and oxygen atoms in total. The molecule has 1 aromatic rings. The maximum absolute atomic E-state index is 13.1. The van der Waals surface area contributed by atoms with Gasteiger partial charge in [0.15, 0.2) is 0 Å². The highest BCUT2D eigenvalue weighted by molar-refractivity contribution is 5.39. The molecule has 0 aromatic heterocycles. The summed E-state index contributed by atoms with van der Waals surface area (Å²) >= 11 is 0. The van der Waals surface area contributed by atoms with Gasteiger partial charge in [0.05, 0.1) is 24.8 Å². The minimum absolute atomic E-state index is 0.106. The van der Waals surface area contributed by atoms with Crippen molar-refractivity contribution >= 4 is 0 Å². The summed E-state index contributed by atoms with van der Waals surface area (Å²) in [5, 5.41) is 10.0. The van der Waals surface area contributed by atoms with Gasteiger partial charge in [-0.05, 0) is 36.5 Å². The second-order valence-electron chi connectivity index (χ2n) is 5.52. The first-order chi connectivity index (χ1) is 9.66. The molecule has 0 unspecified atom stereocenters. The number of hydrogen-bond donors (Lipinski definition) is 2. The highest BCUT2D eigenvalue weighted by Crippen LogP contribution is 2.37. The van der Waals surface area contributed by atoms with E-state index in [-0.39, 0.29) is 11.3 Å². The van der Waals surface area contributed by atoms with Crippen molar-refractivity contribution < 1.29 is 23.0 Å². The molecule has 2 atom stereocenters. The lowest BCUT2D eigenvalue weighted by molar-refractivity contribution is -0.138. The van der Waals surface area contributed by atoms with Gasteiger partial charge < -0.3 is 15.6 Å². The van der Waals surface area contributed by atoms with Crippen molar-refractivity contribution in [1.82, 2.24) is 0 Å². The van der Waals surface area contributed by atoms with E-state index in [9.17, 15) is 18.3 Å². The predicted molar refractivity (Wildman–Crippen MR) is 75.0 cm³/mol. The van der Waals surface area contributed by atoms with Crippen LogP contribution in [0.4, 0.5) is 13.2 Å². The normalized spacial score (nSPS) is 15.1. The van der Waals surface area contributed by atoms with Gasteiger partial charge in [-0.15, -0.1) is 0 Å². The number of rotatable bonds is 6. The molecule has 6 heteroatoms. The van der Waals surface area contributed by atoms with E-state index in [0.717, 1.165) is 6.07 Å². The van der Waals surface area contributed by atoms with Gasteiger partial charge in [0.1, 0.15) is 5.75 Å². The van der Waals surface area contributed by atoms with Gasteiger partial charge in [-0.25, -0.2) is 0 Å². The number of benzene rings is 1. The fourth-order valence-electron chi connectivity index (χ4n) is 2.09. The largest absolute Gasteiger partial charge is 0.497 e. The average molecular weight is 305 g/mol. The highest BCUT2D eigenvalue weighted by atomic mass is 19.4. The Morgan fingerprint density at radius 1 is 1.24 bits per heavy atom. The zero-order valence-corrected chi connectivity index (χ0v) is 12.4. The zero-order valence-electron chi connectivity index (χ0n) is 12.4. The van der Waals surface area contributed by atoms with Crippen LogP contribution in [0, 0.1) is 5.92 Å². The monoisotopic (exact) mass is 305 g/mol. The van der Waals surface area contributed by atoms with Crippen LogP contribution in [-0.2, 0) is 6.18 Å². The summed E-state index contributed by atoms with van der Waals surface area (Å²) in [4.78, 5) is 0. The van der Waals surface area contributed by atoms with Crippen molar-refractivity contribution in [2.75, 3.05) is 7.11 Å². The van der Waals surface area contributed by atoms with Crippen molar-refractivity contribution in [3.63, 3.8) is 0 Å². The van der Waals surface area contributed by atoms with Gasteiger partial charge in [-0.1, -0.05) is 19.9 Å². The Hall–Kier alpha value is -1.27. The molecule has 0 fully saturated rings. The second kappa shape index (κ2) is 7.13. The predicted octanol–water partition coefficient (Wildman–Crippen LogP) is 3.51. The van der Waals surface area contributed by atoms with E-state index in [1.165, 1.54) is 19.2 Å². The van der Waals surface area contributed by atoms with Crippen LogP contribution in [0.5, 0.6) is 5.75 Å². The number of nitrogens with two attached hydrogens (primary N) is 1. The fourth-order valence-corrected chi connectivity index (χ4v) is 2.09. The minimum Gasteiger partial charge on any atom is -0.497 e. The Labute approximate surface area is 122 Å². The zero-order chi connectivity index (χ0) is 16.2. The van der Waals surface area contributed by atoms with Crippen molar-refractivity contribution in [3.05, 3.63) is 29.3 Å². The van der Waals surface area contributed by atoms with Gasteiger partial charge in [-0.3, -0.25) is 0 Å². The summed E-state index contributed by atoms with van der Waals surface area (Å²) in [6.45, 7) is 3.96. The summed E-state index contributed by atoms with van der Waals surface area (Å²) in [5.74, 6) is 0.458. The molecule has 120 valence electrons. The molecule has 0 saturated heterocycles. The van der Waals surface area contributed by atoms with E-state index in [2.05, 4.69) is 0 Å². The standard InChI is InChI=1S/C15H22F3NO2/c1-9(2)4-7-13(20)14(19)11-6-5-10(21-3)8-12(11)15(16,17)18/h5-6,8-9,13-14,20H,4,7,19H2,1-3H3/t13-,14+/m0/s1. The number of ether oxygens (including phenoxy) is 1. The lowest BCUT2D eigenvalue weighted by Gasteiger charge is -2.23. The third kappa shape index (κ3) is 4.89. The van der Waals surface area contributed by atoms with Crippen molar-refractivity contribution in [1.29, 1.82) is 0 Å². The van der Waals surface area contributed by atoms with Crippen LogP contribution in [0.25, 0.3) is 0 Å². The molecular formula is C15H22F3NO2. The van der Waals surface area contributed by atoms with Gasteiger partial charge in [0.25, 0.3) is 0 Å². The molecule has 0 spiro atoms. The summed E-state index contributed by atoms with van der Waals surface area (Å²) in [5.41, 5.74) is 4.85. The number of alkyl halides is 3. The third-order valence-electron chi connectivity index (χ3n) is 3.38. The van der Waals surface area contributed by atoms with E-state index >= 15 is 0 Å². The number of aliphatic hydroxyl groups excluding tert-OH is 1. The Bertz CT molecular complexity index is 461. The maximum Gasteiger partial charge on any atom is 0.416 e. The number of halogens is 3. The molecule has 0 heterocycles. The van der Waals surface area contributed by atoms with Crippen LogP contribution in [0.2, 0.25) is 0 Å². The molecular weight excluding hydrogens is 283 g/mol. The van der Waals surface area contributed by atoms with Gasteiger partial charge in [0, 0.05) is 0 Å². The average Bonchev–Trinajstić information content (AvgIpc) is 2.42. The number of methoxy groups -OCH3 is 1. The molecule has 21 heavy (non-hydrogen) atoms. The van der Waals surface area contributed by atoms with Gasteiger partial charge in [-0.2, -0.15) is 13.2 Å². The van der Waals surface area contributed by atoms with E-state index in [1.54, 1.807) is 0 Å². The minimum atomic E-state index is -4.54. The lowest BCUT2D eigenvalue weighted by Crippen LogP contribution is -2.29. The summed E-state index contributed by atoms with van der Waals surface area (Å²) < 4.78 is 44.2. The summed E-state index contributed by atoms with van der Waals surface area (Å²) in [6, 6.07) is 2.51. The van der Waals surface area contributed by atoms with Gasteiger partial charge in [0.2, 0.25) is 0 Å². The topological polar surface area (TPSA) is 55.5 Å². The Morgan fingerprint density at radius 3 is 2.33 bits per heavy atom. The number of hydrogen-bond acceptors (Lipinski definition) is 3. The van der Waals surface area contributed by atoms with E-state index in [4.69, 9.17) is 10.5 Å². The molecule has 3 N–H and O–H groups in total. The van der Waals surface area contributed by atoms with Crippen LogP contribution >= 0.6 is 0 Å². The molecule has 0 amide bonds. The Morgan fingerprint density at radius 2 is 1.86 bits per heavy atom. The van der Waals surface area contributed by atoms with Crippen LogP contribution in [-0.4, -0.2) is 18.3 Å². The molecule has 0 bridgehead atoms. The summed E-state index contributed by atoms with van der Waals surface area (Å²) in [6.07, 6.45) is -4.49. The Balaban J connectivity index is 3.05. The molecule has 0 aliphatic carbocycles. The van der Waals surface area contributed by atoms with Crippen LogP contribution in [0.1, 0.15) is 43.9 Å². The SMILES string of the molecule is COc1ccc([C@@H](N)[C@@H](O)CCC(C)C)c(C(F)(F)F)c1. The summed E-state index contributed by atoms with van der Waals surface area (Å²) in [7, 11) is 1.30. The molecule has 0 saturated carbocycles. The number of aliphatic hydroxyl groups is 1. The van der Waals surface area contributed by atoms with Crippen molar-refractivity contribution in [3.8, 4) is 5.75 Å². The molecule has 0 radical (unpaired) electrons. The molecule has 1 rings (SSSR count). The van der Waals surface area contributed by atoms with Crippen LogP contribution in [0.3, 0.4) is 0 Å².